The molecule has 0 spiro atoms. The molecule has 4 rings (SSSR count). The van der Waals surface area contributed by atoms with Crippen LogP contribution in [0.3, 0.4) is 0 Å². The highest BCUT2D eigenvalue weighted by atomic mass is 16.2. The van der Waals surface area contributed by atoms with Gasteiger partial charge in [-0.1, -0.05) is 17.3 Å². The number of rotatable bonds is 5. The molecule has 27 heavy (non-hydrogen) atoms. The van der Waals surface area contributed by atoms with Crippen LogP contribution in [-0.2, 0) is 18.4 Å². The highest BCUT2D eigenvalue weighted by Gasteiger charge is 2.14. The number of hydrogen-bond acceptors (Lipinski definition) is 5. The SMILES string of the molecule is Cn1ccnc1C(=O)c1ccc(NC(=O)Cn2nnc3ccccc32)cc1. The maximum Gasteiger partial charge on any atom is 0.246 e. The summed E-state index contributed by atoms with van der Waals surface area (Å²) in [4.78, 5) is 28.8. The average molecular weight is 360 g/mol. The molecular formula is C19H16N6O2. The number of para-hydroxylation sites is 1. The number of nitrogens with zero attached hydrogens (tertiary/aromatic N) is 5. The molecule has 0 bridgehead atoms. The van der Waals surface area contributed by atoms with Crippen molar-refractivity contribution < 1.29 is 9.59 Å². The molecule has 8 nitrogen and oxygen atoms in total. The van der Waals surface area contributed by atoms with Gasteiger partial charge in [0.25, 0.3) is 0 Å². The zero-order chi connectivity index (χ0) is 18.8. The van der Waals surface area contributed by atoms with Gasteiger partial charge in [-0.2, -0.15) is 0 Å². The van der Waals surface area contributed by atoms with E-state index < -0.39 is 0 Å². The summed E-state index contributed by atoms with van der Waals surface area (Å²) >= 11 is 0. The van der Waals surface area contributed by atoms with Crippen LogP contribution in [0.1, 0.15) is 16.2 Å². The van der Waals surface area contributed by atoms with Crippen molar-refractivity contribution in [1.82, 2.24) is 24.5 Å². The average Bonchev–Trinajstić information content (AvgIpc) is 3.28. The van der Waals surface area contributed by atoms with Crippen LogP contribution in [0, 0.1) is 0 Å². The van der Waals surface area contributed by atoms with Crippen LogP contribution in [0.15, 0.2) is 60.9 Å². The van der Waals surface area contributed by atoms with E-state index >= 15 is 0 Å². The van der Waals surface area contributed by atoms with Gasteiger partial charge in [0.05, 0.1) is 5.52 Å². The van der Waals surface area contributed by atoms with Gasteiger partial charge < -0.3 is 9.88 Å². The van der Waals surface area contributed by atoms with E-state index in [-0.39, 0.29) is 18.2 Å². The molecule has 0 aliphatic heterocycles. The van der Waals surface area contributed by atoms with E-state index in [2.05, 4.69) is 20.6 Å². The van der Waals surface area contributed by atoms with Crippen LogP contribution in [0.5, 0.6) is 0 Å². The molecule has 0 unspecified atom stereocenters. The molecule has 2 aromatic heterocycles. The van der Waals surface area contributed by atoms with Gasteiger partial charge in [0.1, 0.15) is 12.1 Å². The third-order valence-corrected chi connectivity index (χ3v) is 4.17. The first kappa shape index (κ1) is 16.6. The molecule has 0 fully saturated rings. The zero-order valence-electron chi connectivity index (χ0n) is 14.5. The van der Waals surface area contributed by atoms with Gasteiger partial charge in [0.2, 0.25) is 11.7 Å². The first-order valence-corrected chi connectivity index (χ1v) is 8.32. The number of amides is 1. The molecule has 1 amide bonds. The van der Waals surface area contributed by atoms with Crippen molar-refractivity contribution in [3.63, 3.8) is 0 Å². The summed E-state index contributed by atoms with van der Waals surface area (Å²) in [5.74, 6) is -0.0341. The minimum absolute atomic E-state index is 0.0501. The Morgan fingerprint density at radius 2 is 1.85 bits per heavy atom. The molecule has 0 saturated carbocycles. The molecule has 4 aromatic rings. The Balaban J connectivity index is 1.44. The minimum Gasteiger partial charge on any atom is -0.331 e. The standard InChI is InChI=1S/C19H16N6O2/c1-24-11-10-20-19(24)18(27)13-6-8-14(9-7-13)21-17(26)12-25-16-5-3-2-4-15(16)22-23-25/h2-11H,12H2,1H3,(H,21,26). The lowest BCUT2D eigenvalue weighted by atomic mass is 10.1. The number of aromatic nitrogens is 5. The summed E-state index contributed by atoms with van der Waals surface area (Å²) < 4.78 is 3.21. The highest BCUT2D eigenvalue weighted by Crippen LogP contribution is 2.14. The van der Waals surface area contributed by atoms with Crippen molar-refractivity contribution in [2.45, 2.75) is 6.54 Å². The summed E-state index contributed by atoms with van der Waals surface area (Å²) in [6.07, 6.45) is 3.30. The minimum atomic E-state index is -0.228. The van der Waals surface area contributed by atoms with Gasteiger partial charge in [-0.25, -0.2) is 9.67 Å². The Morgan fingerprint density at radius 1 is 1.07 bits per heavy atom. The smallest absolute Gasteiger partial charge is 0.246 e. The van der Waals surface area contributed by atoms with E-state index in [1.165, 1.54) is 0 Å². The molecule has 0 radical (unpaired) electrons. The summed E-state index contributed by atoms with van der Waals surface area (Å²) in [6.45, 7) is 0.0501. The van der Waals surface area contributed by atoms with Crippen molar-refractivity contribution >= 4 is 28.4 Å². The summed E-state index contributed by atoms with van der Waals surface area (Å²) in [7, 11) is 1.77. The highest BCUT2D eigenvalue weighted by molar-refractivity contribution is 6.07. The van der Waals surface area contributed by atoms with E-state index in [0.29, 0.717) is 17.1 Å². The summed E-state index contributed by atoms with van der Waals surface area (Å²) in [6, 6.07) is 14.2. The molecule has 0 atom stereocenters. The van der Waals surface area contributed by atoms with Gasteiger partial charge in [0.15, 0.2) is 5.82 Å². The van der Waals surface area contributed by atoms with E-state index in [1.54, 1.807) is 53.0 Å². The lowest BCUT2D eigenvalue weighted by Crippen LogP contribution is -2.19. The number of nitrogens with one attached hydrogen (secondary N) is 1. The van der Waals surface area contributed by atoms with E-state index in [0.717, 1.165) is 11.0 Å². The van der Waals surface area contributed by atoms with E-state index in [9.17, 15) is 9.59 Å². The van der Waals surface area contributed by atoms with E-state index in [4.69, 9.17) is 0 Å². The Labute approximate surface area is 154 Å². The normalized spacial score (nSPS) is 10.9. The Morgan fingerprint density at radius 3 is 2.59 bits per heavy atom. The topological polar surface area (TPSA) is 94.7 Å². The first-order chi connectivity index (χ1) is 13.1. The predicted octanol–water partition coefficient (Wildman–Crippen LogP) is 2.03. The number of fused-ring (bicyclic) bond motifs is 1. The van der Waals surface area contributed by atoms with Gasteiger partial charge in [0, 0.05) is 30.7 Å². The summed E-state index contributed by atoms with van der Waals surface area (Å²) in [5, 5.41) is 10.8. The van der Waals surface area contributed by atoms with Crippen molar-refractivity contribution in [1.29, 1.82) is 0 Å². The van der Waals surface area contributed by atoms with Crippen LogP contribution in [0.2, 0.25) is 0 Å². The summed E-state index contributed by atoms with van der Waals surface area (Å²) in [5.41, 5.74) is 2.64. The second-order valence-corrected chi connectivity index (χ2v) is 6.05. The van der Waals surface area contributed by atoms with Crippen molar-refractivity contribution in [2.24, 2.45) is 7.05 Å². The first-order valence-electron chi connectivity index (χ1n) is 8.32. The number of carbonyl (C=O) groups is 2. The molecule has 8 heteroatoms. The van der Waals surface area contributed by atoms with Crippen LogP contribution in [0.4, 0.5) is 5.69 Å². The van der Waals surface area contributed by atoms with Crippen LogP contribution >= 0.6 is 0 Å². The lowest BCUT2D eigenvalue weighted by Gasteiger charge is -2.07. The van der Waals surface area contributed by atoms with Crippen LogP contribution in [0.25, 0.3) is 11.0 Å². The number of benzene rings is 2. The molecule has 1 N–H and O–H groups in total. The van der Waals surface area contributed by atoms with E-state index in [1.807, 2.05) is 24.3 Å². The van der Waals surface area contributed by atoms with Gasteiger partial charge in [-0.15, -0.1) is 5.10 Å². The maximum atomic E-state index is 12.4. The van der Waals surface area contributed by atoms with Crippen molar-refractivity contribution in [3.05, 3.63) is 72.3 Å². The molecule has 2 aromatic carbocycles. The predicted molar refractivity (Wildman–Crippen MR) is 99.2 cm³/mol. The van der Waals surface area contributed by atoms with Gasteiger partial charge in [-0.3, -0.25) is 9.59 Å². The number of hydrogen-bond donors (Lipinski definition) is 1. The monoisotopic (exact) mass is 360 g/mol. The lowest BCUT2D eigenvalue weighted by molar-refractivity contribution is -0.116. The maximum absolute atomic E-state index is 12.4. The fourth-order valence-corrected chi connectivity index (χ4v) is 2.79. The van der Waals surface area contributed by atoms with Gasteiger partial charge in [-0.05, 0) is 36.4 Å². The van der Waals surface area contributed by atoms with Crippen molar-refractivity contribution in [2.75, 3.05) is 5.32 Å². The fraction of sp³-hybridized carbons (Fsp3) is 0.105. The number of aryl methyl sites for hydroxylation is 1. The largest absolute Gasteiger partial charge is 0.331 e. The Hall–Kier alpha value is -3.81. The molecule has 134 valence electrons. The quantitative estimate of drug-likeness (QED) is 0.550. The molecule has 0 aliphatic rings. The fourth-order valence-electron chi connectivity index (χ4n) is 2.79. The zero-order valence-corrected chi connectivity index (χ0v) is 14.5. The van der Waals surface area contributed by atoms with Crippen LogP contribution in [-0.4, -0.2) is 36.2 Å². The van der Waals surface area contributed by atoms with Crippen molar-refractivity contribution in [3.8, 4) is 0 Å². The second kappa shape index (κ2) is 6.83. The number of anilines is 1. The van der Waals surface area contributed by atoms with Crippen LogP contribution < -0.4 is 5.32 Å². The Bertz CT molecular complexity index is 1130. The Kier molecular flexibility index (Phi) is 4.21. The molecular weight excluding hydrogens is 344 g/mol. The molecule has 0 aliphatic carbocycles. The molecule has 2 heterocycles. The number of imidazole rings is 1. The molecule has 0 saturated heterocycles. The van der Waals surface area contributed by atoms with Gasteiger partial charge >= 0.3 is 0 Å². The number of carbonyl (C=O) groups excluding carboxylic acids is 2. The third-order valence-electron chi connectivity index (χ3n) is 4.17. The second-order valence-electron chi connectivity index (χ2n) is 6.05. The third kappa shape index (κ3) is 3.32. The number of ketones is 1.